The molecule has 8 aromatic carbocycles. The summed E-state index contributed by atoms with van der Waals surface area (Å²) in [5.74, 6) is 0. The average Bonchev–Trinajstić information content (AvgIpc) is 3.42. The minimum Gasteiger partial charge on any atom is -0.312 e. The number of rotatable bonds is 7. The molecule has 2 unspecified atom stereocenters. The van der Waals surface area contributed by atoms with Crippen molar-refractivity contribution in [2.45, 2.75) is 31.5 Å². The molecule has 246 valence electrons. The van der Waals surface area contributed by atoms with E-state index in [1.807, 2.05) is 18.2 Å². The Bertz CT molecular complexity index is 2600. The maximum Gasteiger partial charge on any atom is 0.0817 e. The maximum absolute atomic E-state index is 6.82. The van der Waals surface area contributed by atoms with Gasteiger partial charge in [0.05, 0.1) is 12.2 Å². The third kappa shape index (κ3) is 5.45. The van der Waals surface area contributed by atoms with Gasteiger partial charge in [0.25, 0.3) is 0 Å². The second-order valence-electron chi connectivity index (χ2n) is 14.3. The van der Waals surface area contributed by atoms with Gasteiger partial charge in [-0.25, -0.2) is 0 Å². The Morgan fingerprint density at radius 1 is 0.529 bits per heavy atom. The lowest BCUT2D eigenvalue weighted by atomic mass is 9.81. The lowest BCUT2D eigenvalue weighted by molar-refractivity contribution is 0.509. The summed E-state index contributed by atoms with van der Waals surface area (Å²) in [5.41, 5.74) is 18.0. The molecule has 0 aromatic heterocycles. The molecular weight excluding hydrogens is 617 g/mol. The first kappa shape index (κ1) is 31.2. The van der Waals surface area contributed by atoms with Gasteiger partial charge in [0.15, 0.2) is 0 Å². The maximum atomic E-state index is 6.82. The van der Waals surface area contributed by atoms with Crippen molar-refractivity contribution in [2.24, 2.45) is 5.73 Å². The summed E-state index contributed by atoms with van der Waals surface area (Å²) < 4.78 is 0. The second-order valence-corrected chi connectivity index (χ2v) is 14.3. The molecule has 3 N–H and O–H groups in total. The predicted octanol–water partition coefficient (Wildman–Crippen LogP) is 12.1. The van der Waals surface area contributed by atoms with Crippen LogP contribution >= 0.6 is 0 Å². The van der Waals surface area contributed by atoms with Crippen molar-refractivity contribution in [3.05, 3.63) is 198 Å². The summed E-state index contributed by atoms with van der Waals surface area (Å²) in [6, 6.07) is 59.1. The Morgan fingerprint density at radius 3 is 2.00 bits per heavy atom. The molecule has 9 rings (SSSR count). The van der Waals surface area contributed by atoms with Gasteiger partial charge < -0.3 is 5.73 Å². The Kier molecular flexibility index (Phi) is 7.65. The van der Waals surface area contributed by atoms with Crippen LogP contribution in [0.4, 0.5) is 0 Å². The second kappa shape index (κ2) is 12.5. The van der Waals surface area contributed by atoms with E-state index in [0.29, 0.717) is 0 Å². The van der Waals surface area contributed by atoms with Crippen molar-refractivity contribution in [3.63, 3.8) is 0 Å². The van der Waals surface area contributed by atoms with Crippen LogP contribution in [0.3, 0.4) is 0 Å². The number of nitrogens with one attached hydrogen (secondary N) is 1. The van der Waals surface area contributed by atoms with Crippen LogP contribution in [-0.2, 0) is 5.41 Å². The highest BCUT2D eigenvalue weighted by molar-refractivity contribution is 6.08. The molecule has 1 aliphatic carbocycles. The van der Waals surface area contributed by atoms with Crippen LogP contribution in [0.2, 0.25) is 0 Å². The van der Waals surface area contributed by atoms with Gasteiger partial charge >= 0.3 is 0 Å². The summed E-state index contributed by atoms with van der Waals surface area (Å²) >= 11 is 0. The topological polar surface area (TPSA) is 38.0 Å². The SMILES string of the molecule is CC1(C)c2ccccc2-c2c1cc(/C=C/C(NC(N)c1ccccc1)c1ccc(-c3ccc4c(ccc5ccccc54)c3)cc1)c1ccccc21. The normalized spacial score (nSPS) is 14.6. The zero-order valence-electron chi connectivity index (χ0n) is 29.0. The molecule has 0 spiro atoms. The molecular formula is C49H40N2. The highest BCUT2D eigenvalue weighted by atomic mass is 15.0. The van der Waals surface area contributed by atoms with E-state index in [1.165, 1.54) is 71.3 Å². The Balaban J connectivity index is 1.10. The van der Waals surface area contributed by atoms with Crippen LogP contribution in [0.1, 0.15) is 53.9 Å². The van der Waals surface area contributed by atoms with E-state index in [0.717, 1.165) is 11.1 Å². The Hall–Kier alpha value is -5.80. The summed E-state index contributed by atoms with van der Waals surface area (Å²) in [4.78, 5) is 0. The highest BCUT2D eigenvalue weighted by Gasteiger charge is 2.36. The zero-order valence-corrected chi connectivity index (χ0v) is 29.0. The number of nitrogens with two attached hydrogens (primary N) is 1. The van der Waals surface area contributed by atoms with Gasteiger partial charge in [0.2, 0.25) is 0 Å². The predicted molar refractivity (Wildman–Crippen MR) is 217 cm³/mol. The van der Waals surface area contributed by atoms with Crippen molar-refractivity contribution in [2.75, 3.05) is 0 Å². The standard InChI is InChI=1S/C49H40N2/c1-49(2)44-19-11-10-18-43(44)47-42-17-9-8-16-40(42)38(31-45(47)49)27-29-46(51-48(50)35-13-4-3-5-14-35)34-23-20-32(21-24-34)36-26-28-41-37(30-36)25-22-33-12-6-7-15-39(33)41/h3-31,46,48,51H,50H2,1-2H3/b29-27+. The van der Waals surface area contributed by atoms with Gasteiger partial charge in [-0.05, 0) is 94.5 Å². The minimum atomic E-state index is -0.332. The number of fused-ring (bicyclic) bond motifs is 8. The van der Waals surface area contributed by atoms with E-state index in [9.17, 15) is 0 Å². The molecule has 8 aromatic rings. The van der Waals surface area contributed by atoms with Crippen LogP contribution < -0.4 is 11.1 Å². The summed E-state index contributed by atoms with van der Waals surface area (Å²) in [6.07, 6.45) is 4.24. The van der Waals surface area contributed by atoms with E-state index >= 15 is 0 Å². The van der Waals surface area contributed by atoms with E-state index < -0.39 is 0 Å². The third-order valence-electron chi connectivity index (χ3n) is 11.0. The highest BCUT2D eigenvalue weighted by Crippen LogP contribution is 2.52. The third-order valence-corrected chi connectivity index (χ3v) is 11.0. The van der Waals surface area contributed by atoms with Crippen molar-refractivity contribution in [1.29, 1.82) is 0 Å². The van der Waals surface area contributed by atoms with Crippen LogP contribution in [0, 0.1) is 0 Å². The van der Waals surface area contributed by atoms with Crippen molar-refractivity contribution in [1.82, 2.24) is 5.32 Å². The van der Waals surface area contributed by atoms with Crippen LogP contribution in [-0.4, -0.2) is 0 Å². The molecule has 0 fully saturated rings. The Morgan fingerprint density at radius 2 is 1.18 bits per heavy atom. The summed E-state index contributed by atoms with van der Waals surface area (Å²) in [6.45, 7) is 4.70. The molecule has 0 bridgehead atoms. The summed E-state index contributed by atoms with van der Waals surface area (Å²) in [5, 5.41) is 11.4. The summed E-state index contributed by atoms with van der Waals surface area (Å²) in [7, 11) is 0. The smallest absolute Gasteiger partial charge is 0.0817 e. The fourth-order valence-corrected chi connectivity index (χ4v) is 8.20. The van der Waals surface area contributed by atoms with Crippen LogP contribution in [0.25, 0.3) is 60.6 Å². The van der Waals surface area contributed by atoms with Gasteiger partial charge in [0, 0.05) is 5.41 Å². The lowest BCUT2D eigenvalue weighted by Gasteiger charge is -2.23. The monoisotopic (exact) mass is 656 g/mol. The first-order valence-electron chi connectivity index (χ1n) is 17.9. The first-order valence-corrected chi connectivity index (χ1v) is 17.9. The fourth-order valence-electron chi connectivity index (χ4n) is 8.20. The molecule has 51 heavy (non-hydrogen) atoms. The van der Waals surface area contributed by atoms with Gasteiger partial charge in [-0.2, -0.15) is 0 Å². The van der Waals surface area contributed by atoms with E-state index in [2.05, 4.69) is 177 Å². The molecule has 2 atom stereocenters. The number of benzene rings is 8. The van der Waals surface area contributed by atoms with Crippen molar-refractivity contribution >= 4 is 38.4 Å². The Labute approximate surface area is 299 Å². The largest absolute Gasteiger partial charge is 0.312 e. The lowest BCUT2D eigenvalue weighted by Crippen LogP contribution is -2.31. The molecule has 0 aliphatic heterocycles. The molecule has 0 saturated heterocycles. The van der Waals surface area contributed by atoms with Crippen LogP contribution in [0.15, 0.2) is 170 Å². The van der Waals surface area contributed by atoms with E-state index in [-0.39, 0.29) is 17.6 Å². The van der Waals surface area contributed by atoms with Gasteiger partial charge in [-0.1, -0.05) is 178 Å². The van der Waals surface area contributed by atoms with Gasteiger partial charge in [-0.3, -0.25) is 5.32 Å². The molecule has 0 amide bonds. The van der Waals surface area contributed by atoms with E-state index in [1.54, 1.807) is 0 Å². The van der Waals surface area contributed by atoms with Gasteiger partial charge in [-0.15, -0.1) is 0 Å². The zero-order chi connectivity index (χ0) is 34.5. The fraction of sp³-hybridized carbons (Fsp3) is 0.102. The van der Waals surface area contributed by atoms with Gasteiger partial charge in [0.1, 0.15) is 0 Å². The molecule has 2 nitrogen and oxygen atoms in total. The van der Waals surface area contributed by atoms with Crippen molar-refractivity contribution in [3.8, 4) is 22.3 Å². The molecule has 0 radical (unpaired) electrons. The molecule has 0 saturated carbocycles. The minimum absolute atomic E-state index is 0.0858. The molecule has 2 heteroatoms. The van der Waals surface area contributed by atoms with Crippen LogP contribution in [0.5, 0.6) is 0 Å². The quantitative estimate of drug-likeness (QED) is 0.132. The van der Waals surface area contributed by atoms with E-state index in [4.69, 9.17) is 5.73 Å². The number of hydrogen-bond acceptors (Lipinski definition) is 2. The first-order chi connectivity index (χ1) is 25.0. The molecule has 1 aliphatic rings. The molecule has 0 heterocycles. The average molecular weight is 657 g/mol. The van der Waals surface area contributed by atoms with Crippen molar-refractivity contribution < 1.29 is 0 Å². The number of hydrogen-bond donors (Lipinski definition) is 2.